The number of nitrogens with one attached hydrogen (secondary N) is 2. The maximum atomic E-state index is 12.8. The van der Waals surface area contributed by atoms with E-state index in [-0.39, 0.29) is 19.0 Å². The van der Waals surface area contributed by atoms with Gasteiger partial charge in [0.25, 0.3) is 11.8 Å². The molecule has 2 rings (SSSR count). The molecule has 0 saturated carbocycles. The summed E-state index contributed by atoms with van der Waals surface area (Å²) in [6.07, 6.45) is -1.70. The summed E-state index contributed by atoms with van der Waals surface area (Å²) in [4.78, 5) is 27.4. The smallest absolute Gasteiger partial charge is 0.350 e. The van der Waals surface area contributed by atoms with Crippen molar-refractivity contribution in [2.75, 3.05) is 13.1 Å². The molecule has 0 saturated heterocycles. The number of pyridine rings is 1. The summed E-state index contributed by atoms with van der Waals surface area (Å²) >= 11 is 0. The molecule has 2 aromatic rings. The van der Waals surface area contributed by atoms with Crippen LogP contribution in [0.15, 0.2) is 48.8 Å². The summed E-state index contributed by atoms with van der Waals surface area (Å²) in [6, 6.07) is 7.69. The first-order valence-corrected chi connectivity index (χ1v) is 7.02. The molecular weight excluding hydrogens is 323 g/mol. The van der Waals surface area contributed by atoms with E-state index in [1.54, 1.807) is 12.1 Å². The molecular formula is C16H14F3N3O2. The summed E-state index contributed by atoms with van der Waals surface area (Å²) in [7, 11) is 0. The van der Waals surface area contributed by atoms with E-state index >= 15 is 0 Å². The molecule has 0 aliphatic rings. The molecule has 0 atom stereocenters. The van der Waals surface area contributed by atoms with Crippen LogP contribution in [0.25, 0.3) is 0 Å². The molecule has 1 aromatic carbocycles. The summed E-state index contributed by atoms with van der Waals surface area (Å²) in [5, 5.41) is 4.88. The van der Waals surface area contributed by atoms with E-state index in [1.807, 2.05) is 0 Å². The molecule has 0 fully saturated rings. The number of carbonyl (C=O) groups excluding carboxylic acids is 2. The quantitative estimate of drug-likeness (QED) is 0.822. The Morgan fingerprint density at radius 1 is 0.958 bits per heavy atom. The van der Waals surface area contributed by atoms with Crippen LogP contribution in [0.4, 0.5) is 13.2 Å². The Balaban J connectivity index is 1.87. The number of alkyl halides is 3. The fraction of sp³-hybridized carbons (Fsp3) is 0.188. The van der Waals surface area contributed by atoms with Crippen molar-refractivity contribution in [3.05, 3.63) is 65.5 Å². The topological polar surface area (TPSA) is 71.1 Å². The third-order valence-corrected chi connectivity index (χ3v) is 3.10. The molecule has 1 aromatic heterocycles. The fourth-order valence-electron chi connectivity index (χ4n) is 1.97. The van der Waals surface area contributed by atoms with Crippen LogP contribution in [0, 0.1) is 0 Å². The summed E-state index contributed by atoms with van der Waals surface area (Å²) < 4.78 is 38.5. The van der Waals surface area contributed by atoms with Gasteiger partial charge in [-0.25, -0.2) is 0 Å². The van der Waals surface area contributed by atoms with Gasteiger partial charge in [0, 0.05) is 25.5 Å². The molecule has 126 valence electrons. The number of amides is 2. The summed E-state index contributed by atoms with van der Waals surface area (Å²) in [5.74, 6) is -1.23. The Kier molecular flexibility index (Phi) is 5.51. The average molecular weight is 337 g/mol. The molecule has 8 heteroatoms. The molecule has 0 bridgehead atoms. The van der Waals surface area contributed by atoms with Crippen LogP contribution in [0.5, 0.6) is 0 Å². The minimum absolute atomic E-state index is 0.00295. The van der Waals surface area contributed by atoms with Gasteiger partial charge in [-0.15, -0.1) is 0 Å². The molecule has 0 radical (unpaired) electrons. The van der Waals surface area contributed by atoms with E-state index in [0.717, 1.165) is 12.1 Å². The van der Waals surface area contributed by atoms with Crippen molar-refractivity contribution >= 4 is 11.8 Å². The lowest BCUT2D eigenvalue weighted by molar-refractivity contribution is -0.137. The molecule has 1 heterocycles. The van der Waals surface area contributed by atoms with Gasteiger partial charge in [0.05, 0.1) is 16.7 Å². The maximum Gasteiger partial charge on any atom is 0.417 e. The van der Waals surface area contributed by atoms with Crippen LogP contribution in [-0.4, -0.2) is 29.9 Å². The van der Waals surface area contributed by atoms with Crippen LogP contribution in [0.1, 0.15) is 26.3 Å². The van der Waals surface area contributed by atoms with Crippen molar-refractivity contribution < 1.29 is 22.8 Å². The SMILES string of the molecule is O=C(NCCNC(=O)c1ccccc1C(F)(F)F)c1cccnc1. The van der Waals surface area contributed by atoms with E-state index in [4.69, 9.17) is 0 Å². The normalized spacial score (nSPS) is 11.0. The molecule has 2 N–H and O–H groups in total. The van der Waals surface area contributed by atoms with Gasteiger partial charge < -0.3 is 10.6 Å². The van der Waals surface area contributed by atoms with Crippen LogP contribution in [0.3, 0.4) is 0 Å². The molecule has 0 unspecified atom stereocenters. The highest BCUT2D eigenvalue weighted by atomic mass is 19.4. The van der Waals surface area contributed by atoms with Gasteiger partial charge in [0.1, 0.15) is 0 Å². The molecule has 0 aliphatic carbocycles. The molecule has 2 amide bonds. The molecule has 0 spiro atoms. The van der Waals surface area contributed by atoms with Crippen molar-refractivity contribution in [3.63, 3.8) is 0 Å². The van der Waals surface area contributed by atoms with Gasteiger partial charge in [-0.2, -0.15) is 13.2 Å². The second-order valence-electron chi connectivity index (χ2n) is 4.80. The first-order chi connectivity index (χ1) is 11.4. The highest BCUT2D eigenvalue weighted by molar-refractivity contribution is 5.96. The number of halogens is 3. The molecule has 0 aliphatic heterocycles. The van der Waals surface area contributed by atoms with Gasteiger partial charge in [-0.3, -0.25) is 14.6 Å². The van der Waals surface area contributed by atoms with Crippen molar-refractivity contribution in [1.29, 1.82) is 0 Å². The highest BCUT2D eigenvalue weighted by Crippen LogP contribution is 2.31. The second-order valence-corrected chi connectivity index (χ2v) is 4.80. The zero-order valence-corrected chi connectivity index (χ0v) is 12.4. The lowest BCUT2D eigenvalue weighted by Gasteiger charge is -2.12. The Labute approximate surface area is 135 Å². The van der Waals surface area contributed by atoms with Crippen molar-refractivity contribution in [2.45, 2.75) is 6.18 Å². The number of hydrogen-bond donors (Lipinski definition) is 2. The van der Waals surface area contributed by atoms with Crippen molar-refractivity contribution in [3.8, 4) is 0 Å². The zero-order chi connectivity index (χ0) is 17.6. The van der Waals surface area contributed by atoms with Gasteiger partial charge in [0.2, 0.25) is 0 Å². The first-order valence-electron chi connectivity index (χ1n) is 7.02. The number of rotatable bonds is 5. The summed E-state index contributed by atoms with van der Waals surface area (Å²) in [5.41, 5.74) is -1.10. The van der Waals surface area contributed by atoms with E-state index in [9.17, 15) is 22.8 Å². The van der Waals surface area contributed by atoms with E-state index in [2.05, 4.69) is 15.6 Å². The Morgan fingerprint density at radius 2 is 1.62 bits per heavy atom. The fourth-order valence-corrected chi connectivity index (χ4v) is 1.97. The van der Waals surface area contributed by atoms with Gasteiger partial charge in [-0.05, 0) is 24.3 Å². The number of carbonyl (C=O) groups is 2. The van der Waals surface area contributed by atoms with Crippen LogP contribution < -0.4 is 10.6 Å². The lowest BCUT2D eigenvalue weighted by Crippen LogP contribution is -2.35. The monoisotopic (exact) mass is 337 g/mol. The minimum Gasteiger partial charge on any atom is -0.350 e. The number of nitrogens with zero attached hydrogens (tertiary/aromatic N) is 1. The highest BCUT2D eigenvalue weighted by Gasteiger charge is 2.34. The standard InChI is InChI=1S/C16H14F3N3O2/c17-16(18,19)13-6-2-1-5-12(13)15(24)22-9-8-21-14(23)11-4-3-7-20-10-11/h1-7,10H,8-9H2,(H,21,23)(H,22,24). The largest absolute Gasteiger partial charge is 0.417 e. The minimum atomic E-state index is -4.61. The van der Waals surface area contributed by atoms with Gasteiger partial charge in [0.15, 0.2) is 0 Å². The Morgan fingerprint density at radius 3 is 2.25 bits per heavy atom. The van der Waals surface area contributed by atoms with Crippen molar-refractivity contribution in [2.24, 2.45) is 0 Å². The predicted molar refractivity (Wildman–Crippen MR) is 80.3 cm³/mol. The van der Waals surface area contributed by atoms with E-state index < -0.39 is 23.2 Å². The van der Waals surface area contributed by atoms with Crippen molar-refractivity contribution in [1.82, 2.24) is 15.6 Å². The number of aromatic nitrogens is 1. The zero-order valence-electron chi connectivity index (χ0n) is 12.4. The van der Waals surface area contributed by atoms with Crippen LogP contribution in [-0.2, 0) is 6.18 Å². The number of hydrogen-bond acceptors (Lipinski definition) is 3. The van der Waals surface area contributed by atoms with Gasteiger partial charge >= 0.3 is 6.18 Å². The molecule has 5 nitrogen and oxygen atoms in total. The lowest BCUT2D eigenvalue weighted by atomic mass is 10.1. The van der Waals surface area contributed by atoms with E-state index in [0.29, 0.717) is 5.56 Å². The average Bonchev–Trinajstić information content (AvgIpc) is 2.58. The third-order valence-electron chi connectivity index (χ3n) is 3.10. The molecule has 24 heavy (non-hydrogen) atoms. The van der Waals surface area contributed by atoms with Crippen LogP contribution in [0.2, 0.25) is 0 Å². The Hall–Kier alpha value is -2.90. The third kappa shape index (κ3) is 4.55. The second kappa shape index (κ2) is 7.58. The van der Waals surface area contributed by atoms with Gasteiger partial charge in [-0.1, -0.05) is 12.1 Å². The van der Waals surface area contributed by atoms with E-state index in [1.165, 1.54) is 24.5 Å². The first kappa shape index (κ1) is 17.5. The Bertz CT molecular complexity index is 718. The number of benzene rings is 1. The predicted octanol–water partition coefficient (Wildman–Crippen LogP) is 2.26. The maximum absolute atomic E-state index is 12.8. The summed E-state index contributed by atoms with van der Waals surface area (Å²) in [6.45, 7) is 0.0741. The van der Waals surface area contributed by atoms with Crippen LogP contribution >= 0.6 is 0 Å².